The molecular weight excluding hydrogens is 308 g/mol. The van der Waals surface area contributed by atoms with E-state index in [4.69, 9.17) is 9.47 Å². The molecule has 0 aromatic heterocycles. The average Bonchev–Trinajstić information content (AvgIpc) is 3.20. The number of anilines is 1. The summed E-state index contributed by atoms with van der Waals surface area (Å²) in [6.45, 7) is 4.08. The third-order valence-electron chi connectivity index (χ3n) is 4.33. The Kier molecular flexibility index (Phi) is 5.48. The zero-order chi connectivity index (χ0) is 16.9. The van der Waals surface area contributed by atoms with Crippen molar-refractivity contribution in [2.45, 2.75) is 44.8 Å². The Morgan fingerprint density at radius 3 is 2.75 bits per heavy atom. The van der Waals surface area contributed by atoms with E-state index in [9.17, 15) is 9.59 Å². The highest BCUT2D eigenvalue weighted by Crippen LogP contribution is 2.25. The first-order valence-corrected chi connectivity index (χ1v) is 8.63. The van der Waals surface area contributed by atoms with E-state index in [1.165, 1.54) is 4.90 Å². The molecule has 6 nitrogen and oxygen atoms in total. The van der Waals surface area contributed by atoms with Gasteiger partial charge in [-0.25, -0.2) is 4.90 Å². The summed E-state index contributed by atoms with van der Waals surface area (Å²) in [6, 6.07) is 6.63. The van der Waals surface area contributed by atoms with Crippen LogP contribution in [0, 0.1) is 0 Å². The lowest BCUT2D eigenvalue weighted by atomic mass is 10.2. The number of amides is 2. The highest BCUT2D eigenvalue weighted by Gasteiger charge is 2.39. The summed E-state index contributed by atoms with van der Waals surface area (Å²) in [6.07, 6.45) is 3.34. The molecule has 2 fully saturated rings. The van der Waals surface area contributed by atoms with Crippen molar-refractivity contribution in [1.82, 2.24) is 5.32 Å². The first-order valence-electron chi connectivity index (χ1n) is 8.63. The van der Waals surface area contributed by atoms with E-state index in [1.807, 2.05) is 6.92 Å². The molecule has 1 aromatic rings. The number of hydrogen-bond acceptors (Lipinski definition) is 5. The van der Waals surface area contributed by atoms with Crippen LogP contribution < -0.4 is 15.0 Å². The maximum atomic E-state index is 12.5. The number of rotatable bonds is 7. The monoisotopic (exact) mass is 332 g/mol. The molecule has 0 saturated carbocycles. The minimum absolute atomic E-state index is 0.150. The number of nitrogens with one attached hydrogen (secondary N) is 1. The van der Waals surface area contributed by atoms with Crippen LogP contribution in [0.5, 0.6) is 5.75 Å². The predicted octanol–water partition coefficient (Wildman–Crippen LogP) is 1.88. The van der Waals surface area contributed by atoms with Gasteiger partial charge in [-0.15, -0.1) is 0 Å². The van der Waals surface area contributed by atoms with E-state index < -0.39 is 6.04 Å². The van der Waals surface area contributed by atoms with Crippen LogP contribution in [0.4, 0.5) is 5.69 Å². The molecular formula is C18H24N2O4. The average molecular weight is 332 g/mol. The molecule has 2 aliphatic rings. The van der Waals surface area contributed by atoms with Gasteiger partial charge in [0.25, 0.3) is 5.91 Å². The standard InChI is InChI=1S/C18H24N2O4/c1-2-9-23-14-7-5-13(6-8-14)20-17(21)11-16(18(20)22)19-12-15-4-3-10-24-15/h5-8,15-16,19H,2-4,9-12H2,1H3/t15-,16-/m0/s1. The van der Waals surface area contributed by atoms with Crippen LogP contribution in [0.2, 0.25) is 0 Å². The Labute approximate surface area is 142 Å². The lowest BCUT2D eigenvalue weighted by molar-refractivity contribution is -0.121. The molecule has 3 rings (SSSR count). The molecule has 6 heteroatoms. The van der Waals surface area contributed by atoms with E-state index >= 15 is 0 Å². The lowest BCUT2D eigenvalue weighted by Crippen LogP contribution is -2.41. The molecule has 0 radical (unpaired) electrons. The minimum atomic E-state index is -0.460. The van der Waals surface area contributed by atoms with Crippen molar-refractivity contribution in [3.05, 3.63) is 24.3 Å². The van der Waals surface area contributed by atoms with Crippen LogP contribution in [0.1, 0.15) is 32.6 Å². The summed E-state index contributed by atoms with van der Waals surface area (Å²) < 4.78 is 11.1. The van der Waals surface area contributed by atoms with Crippen LogP contribution in [0.3, 0.4) is 0 Å². The van der Waals surface area contributed by atoms with Gasteiger partial charge in [-0.1, -0.05) is 6.92 Å². The summed E-state index contributed by atoms with van der Waals surface area (Å²) in [7, 11) is 0. The SMILES string of the molecule is CCCOc1ccc(N2C(=O)C[C@H](NC[C@@H]3CCCO3)C2=O)cc1. The Hall–Kier alpha value is -1.92. The second-order valence-corrected chi connectivity index (χ2v) is 6.21. The quantitative estimate of drug-likeness (QED) is 0.772. The molecule has 24 heavy (non-hydrogen) atoms. The largest absolute Gasteiger partial charge is 0.494 e. The Morgan fingerprint density at radius 1 is 1.29 bits per heavy atom. The highest BCUT2D eigenvalue weighted by molar-refractivity contribution is 6.22. The highest BCUT2D eigenvalue weighted by atomic mass is 16.5. The summed E-state index contributed by atoms with van der Waals surface area (Å²) >= 11 is 0. The maximum absolute atomic E-state index is 12.5. The van der Waals surface area contributed by atoms with Crippen molar-refractivity contribution in [3.63, 3.8) is 0 Å². The number of hydrogen-bond donors (Lipinski definition) is 1. The number of benzene rings is 1. The number of carbonyl (C=O) groups excluding carboxylic acids is 2. The van der Waals surface area contributed by atoms with Gasteiger partial charge in [-0.05, 0) is 43.5 Å². The van der Waals surface area contributed by atoms with Gasteiger partial charge in [0.15, 0.2) is 0 Å². The Balaban J connectivity index is 1.60. The molecule has 1 aromatic carbocycles. The van der Waals surface area contributed by atoms with Gasteiger partial charge in [0, 0.05) is 13.2 Å². The number of ether oxygens (including phenoxy) is 2. The third kappa shape index (κ3) is 3.76. The molecule has 0 bridgehead atoms. The van der Waals surface area contributed by atoms with Gasteiger partial charge in [0.05, 0.1) is 30.9 Å². The summed E-state index contributed by atoms with van der Waals surface area (Å²) in [5.74, 6) is 0.375. The number of carbonyl (C=O) groups is 2. The lowest BCUT2D eigenvalue weighted by Gasteiger charge is -2.17. The van der Waals surface area contributed by atoms with Gasteiger partial charge in [-0.2, -0.15) is 0 Å². The Bertz CT molecular complexity index is 581. The normalized spacial score (nSPS) is 24.0. The van der Waals surface area contributed by atoms with Crippen molar-refractivity contribution in [2.24, 2.45) is 0 Å². The molecule has 1 N–H and O–H groups in total. The zero-order valence-electron chi connectivity index (χ0n) is 14.0. The van der Waals surface area contributed by atoms with Crippen LogP contribution in [0.25, 0.3) is 0 Å². The summed E-state index contributed by atoms with van der Waals surface area (Å²) in [5, 5.41) is 3.18. The fourth-order valence-corrected chi connectivity index (χ4v) is 3.05. The number of imide groups is 1. The predicted molar refractivity (Wildman–Crippen MR) is 90.1 cm³/mol. The van der Waals surface area contributed by atoms with E-state index in [0.717, 1.165) is 31.6 Å². The molecule has 0 aliphatic carbocycles. The maximum Gasteiger partial charge on any atom is 0.251 e. The van der Waals surface area contributed by atoms with Crippen LogP contribution in [-0.4, -0.2) is 43.7 Å². The third-order valence-corrected chi connectivity index (χ3v) is 4.33. The van der Waals surface area contributed by atoms with Gasteiger partial charge in [0.2, 0.25) is 5.91 Å². The topological polar surface area (TPSA) is 67.9 Å². The zero-order valence-corrected chi connectivity index (χ0v) is 14.0. The molecule has 2 amide bonds. The van der Waals surface area contributed by atoms with Gasteiger partial charge in [0.1, 0.15) is 5.75 Å². The molecule has 130 valence electrons. The van der Waals surface area contributed by atoms with Crippen molar-refractivity contribution in [2.75, 3.05) is 24.7 Å². The molecule has 2 heterocycles. The van der Waals surface area contributed by atoms with Gasteiger partial charge in [-0.3, -0.25) is 9.59 Å². The van der Waals surface area contributed by atoms with Gasteiger partial charge >= 0.3 is 0 Å². The second-order valence-electron chi connectivity index (χ2n) is 6.21. The molecule has 2 saturated heterocycles. The molecule has 0 spiro atoms. The first-order chi connectivity index (χ1) is 11.7. The molecule has 2 aliphatic heterocycles. The van der Waals surface area contributed by atoms with Gasteiger partial charge < -0.3 is 14.8 Å². The van der Waals surface area contributed by atoms with Crippen molar-refractivity contribution < 1.29 is 19.1 Å². The van der Waals surface area contributed by atoms with Crippen molar-refractivity contribution in [3.8, 4) is 5.75 Å². The van der Waals surface area contributed by atoms with Crippen LogP contribution in [0.15, 0.2) is 24.3 Å². The summed E-state index contributed by atoms with van der Waals surface area (Å²) in [4.78, 5) is 26.1. The van der Waals surface area contributed by atoms with E-state index in [2.05, 4.69) is 5.32 Å². The molecule has 0 unspecified atom stereocenters. The second kappa shape index (κ2) is 7.77. The molecule has 2 atom stereocenters. The number of nitrogens with zero attached hydrogens (tertiary/aromatic N) is 1. The first kappa shape index (κ1) is 16.9. The Morgan fingerprint density at radius 2 is 2.08 bits per heavy atom. The van der Waals surface area contributed by atoms with Crippen LogP contribution >= 0.6 is 0 Å². The van der Waals surface area contributed by atoms with Crippen molar-refractivity contribution >= 4 is 17.5 Å². The van der Waals surface area contributed by atoms with E-state index in [-0.39, 0.29) is 24.3 Å². The fourth-order valence-electron chi connectivity index (χ4n) is 3.05. The summed E-state index contributed by atoms with van der Waals surface area (Å²) in [5.41, 5.74) is 0.593. The van der Waals surface area contributed by atoms with E-state index in [1.54, 1.807) is 24.3 Å². The van der Waals surface area contributed by atoms with Crippen molar-refractivity contribution in [1.29, 1.82) is 0 Å². The fraction of sp³-hybridized carbons (Fsp3) is 0.556. The minimum Gasteiger partial charge on any atom is -0.494 e. The smallest absolute Gasteiger partial charge is 0.251 e. The van der Waals surface area contributed by atoms with Crippen LogP contribution in [-0.2, 0) is 14.3 Å². The van der Waals surface area contributed by atoms with E-state index in [0.29, 0.717) is 18.8 Å².